The Hall–Kier alpha value is -3.79. The predicted molar refractivity (Wildman–Crippen MR) is 211 cm³/mol. The smallest absolute Gasteiger partial charge is 0.246 e. The molecule has 7 amide bonds. The van der Waals surface area contributed by atoms with Crippen molar-refractivity contribution in [3.63, 3.8) is 0 Å². The van der Waals surface area contributed by atoms with E-state index in [1.165, 1.54) is 42.8 Å². The Labute approximate surface area is 333 Å². The summed E-state index contributed by atoms with van der Waals surface area (Å²) in [5.41, 5.74) is 0. The first-order valence-corrected chi connectivity index (χ1v) is 20.4. The first-order chi connectivity index (χ1) is 26.0. The minimum absolute atomic E-state index is 0.0373. The second-order valence-electron chi connectivity index (χ2n) is 16.8. The van der Waals surface area contributed by atoms with Crippen molar-refractivity contribution in [2.45, 2.75) is 162 Å². The monoisotopic (exact) mass is 794 g/mol. The van der Waals surface area contributed by atoms with Crippen molar-refractivity contribution < 1.29 is 43.8 Å². The maximum Gasteiger partial charge on any atom is 0.246 e. The lowest BCUT2D eigenvalue weighted by atomic mass is 9.94. The van der Waals surface area contributed by atoms with Crippen LogP contribution in [-0.4, -0.2) is 153 Å². The van der Waals surface area contributed by atoms with E-state index in [9.17, 15) is 43.8 Å². The average Bonchev–Trinajstić information content (AvgIpc) is 3.17. The van der Waals surface area contributed by atoms with Gasteiger partial charge in [0, 0.05) is 27.7 Å². The first kappa shape index (κ1) is 48.4. The van der Waals surface area contributed by atoms with Gasteiger partial charge in [0.2, 0.25) is 41.4 Å². The van der Waals surface area contributed by atoms with Crippen LogP contribution in [-0.2, 0) is 33.6 Å². The molecule has 0 aromatic rings. The van der Waals surface area contributed by atoms with Crippen LogP contribution in [0.1, 0.15) is 108 Å². The molecule has 2 saturated heterocycles. The molecule has 320 valence electrons. The Morgan fingerprint density at radius 1 is 0.625 bits per heavy atom. The van der Waals surface area contributed by atoms with Gasteiger partial charge in [-0.25, -0.2) is 0 Å². The molecule has 2 heterocycles. The third-order valence-electron chi connectivity index (χ3n) is 12.0. The molecule has 0 aromatic carbocycles. The van der Waals surface area contributed by atoms with E-state index >= 15 is 0 Å². The summed E-state index contributed by atoms with van der Waals surface area (Å²) in [4.78, 5) is 104. The molecule has 2 fully saturated rings. The van der Waals surface area contributed by atoms with Crippen LogP contribution in [0.4, 0.5) is 0 Å². The number of rotatable bonds is 9. The lowest BCUT2D eigenvalue weighted by Crippen LogP contribution is -2.64. The number of fused-ring (bicyclic) bond motifs is 1. The summed E-state index contributed by atoms with van der Waals surface area (Å²) in [6.45, 7) is 17.4. The lowest BCUT2D eigenvalue weighted by Gasteiger charge is -2.40. The molecular formula is C40H71N7O9. The number of aliphatic hydroxyl groups excluding tert-OH is 2. The maximum absolute atomic E-state index is 14.3. The molecule has 16 nitrogen and oxygen atoms in total. The van der Waals surface area contributed by atoms with E-state index in [2.05, 4.69) is 16.0 Å². The topological polar surface area (TPSA) is 209 Å². The maximum atomic E-state index is 14.3. The van der Waals surface area contributed by atoms with Crippen LogP contribution in [0.2, 0.25) is 0 Å². The summed E-state index contributed by atoms with van der Waals surface area (Å²) < 4.78 is 0. The van der Waals surface area contributed by atoms with E-state index in [-0.39, 0.29) is 25.3 Å². The molecule has 2 aliphatic rings. The summed E-state index contributed by atoms with van der Waals surface area (Å²) in [7, 11) is 4.20. The number of carbonyl (C=O) groups is 7. The van der Waals surface area contributed by atoms with Gasteiger partial charge in [0.1, 0.15) is 42.3 Å². The Kier molecular flexibility index (Phi) is 18.2. The highest BCUT2D eigenvalue weighted by Gasteiger charge is 2.44. The number of amides is 7. The van der Waals surface area contributed by atoms with Crippen molar-refractivity contribution in [3.05, 3.63) is 0 Å². The van der Waals surface area contributed by atoms with Gasteiger partial charge in [-0.1, -0.05) is 68.2 Å². The van der Waals surface area contributed by atoms with Crippen LogP contribution in [0.5, 0.6) is 0 Å². The largest absolute Gasteiger partial charge is 0.390 e. The van der Waals surface area contributed by atoms with Gasteiger partial charge in [-0.15, -0.1) is 0 Å². The molecule has 0 bridgehead atoms. The van der Waals surface area contributed by atoms with Gasteiger partial charge in [0.15, 0.2) is 0 Å². The fourth-order valence-corrected chi connectivity index (χ4v) is 7.16. The van der Waals surface area contributed by atoms with E-state index in [0.717, 1.165) is 4.90 Å². The normalized spacial score (nSPS) is 29.7. The third kappa shape index (κ3) is 11.4. The van der Waals surface area contributed by atoms with Crippen LogP contribution >= 0.6 is 0 Å². The van der Waals surface area contributed by atoms with Gasteiger partial charge in [0.25, 0.3) is 0 Å². The molecule has 2 rings (SSSR count). The van der Waals surface area contributed by atoms with Crippen molar-refractivity contribution in [3.8, 4) is 0 Å². The Morgan fingerprint density at radius 2 is 1.16 bits per heavy atom. The molecule has 0 spiro atoms. The second kappa shape index (κ2) is 21.1. The molecule has 56 heavy (non-hydrogen) atoms. The fraction of sp³-hybridized carbons (Fsp3) is 0.825. The van der Waals surface area contributed by atoms with Crippen LogP contribution in [0.15, 0.2) is 0 Å². The molecule has 2 aliphatic heterocycles. The number of aliphatic hydroxyl groups is 2. The first-order valence-electron chi connectivity index (χ1n) is 20.4. The van der Waals surface area contributed by atoms with Crippen molar-refractivity contribution in [2.75, 3.05) is 27.7 Å². The second-order valence-corrected chi connectivity index (χ2v) is 16.8. The minimum atomic E-state index is -1.50. The summed E-state index contributed by atoms with van der Waals surface area (Å²) in [6.07, 6.45) is 0.0823. The summed E-state index contributed by atoms with van der Waals surface area (Å²) in [5, 5.41) is 30.9. The Morgan fingerprint density at radius 3 is 1.70 bits per heavy atom. The number of carbonyl (C=O) groups excluding carboxylic acids is 7. The molecule has 5 N–H and O–H groups in total. The van der Waals surface area contributed by atoms with E-state index in [0.29, 0.717) is 25.7 Å². The molecule has 16 heteroatoms. The van der Waals surface area contributed by atoms with E-state index in [1.807, 2.05) is 20.8 Å². The number of nitrogens with one attached hydrogen (secondary N) is 3. The van der Waals surface area contributed by atoms with Gasteiger partial charge >= 0.3 is 0 Å². The molecule has 0 saturated carbocycles. The summed E-state index contributed by atoms with van der Waals surface area (Å²) in [5.74, 6) is -6.12. The molecule has 0 aromatic heterocycles. The van der Waals surface area contributed by atoms with Gasteiger partial charge in [-0.3, -0.25) is 33.6 Å². The van der Waals surface area contributed by atoms with Crippen LogP contribution in [0.3, 0.4) is 0 Å². The zero-order valence-electron chi connectivity index (χ0n) is 36.0. The highest BCUT2D eigenvalue weighted by Crippen LogP contribution is 2.23. The van der Waals surface area contributed by atoms with Crippen molar-refractivity contribution in [1.29, 1.82) is 0 Å². The van der Waals surface area contributed by atoms with Crippen LogP contribution < -0.4 is 16.0 Å². The standard InChI is InChI=1S/C40H71N7O9/c1-14-23(7)20-27-39(55)44(11)26(10)38(54)47-19-17-16-18-28(47)34(50)43-30(32(48)21(3)4)35(51)42-29(24(8)15-2)40(56)45(12)25(9)37(53)46(13)31(36(52)41-27)33(49)22(5)6/h21-33,48-49H,14-20H2,1-13H3,(H,41,52)(H,42,51)(H,43,50). The lowest BCUT2D eigenvalue weighted by molar-refractivity contribution is -0.153. The zero-order chi connectivity index (χ0) is 42.9. The number of hydrogen-bond acceptors (Lipinski definition) is 9. The van der Waals surface area contributed by atoms with E-state index in [4.69, 9.17) is 0 Å². The van der Waals surface area contributed by atoms with Crippen molar-refractivity contribution in [1.82, 2.24) is 35.6 Å². The SMILES string of the molecule is CCC(C)CC1NC(=O)C(C(O)C(C)C)N(C)C(=O)C(C)N(C)C(=O)C(C(C)CC)NC(=O)C(C(O)C(C)C)NC(=O)C2CCCCN2C(=O)C(C)N(C)C1=O. The molecular weight excluding hydrogens is 722 g/mol. The number of nitrogens with zero attached hydrogens (tertiary/aromatic N) is 4. The highest BCUT2D eigenvalue weighted by molar-refractivity contribution is 5.98. The van der Waals surface area contributed by atoms with Gasteiger partial charge < -0.3 is 45.8 Å². The molecule has 0 radical (unpaired) electrons. The predicted octanol–water partition coefficient (Wildman–Crippen LogP) is 0.872. The Bertz CT molecular complexity index is 1410. The third-order valence-corrected chi connectivity index (χ3v) is 12.0. The zero-order valence-corrected chi connectivity index (χ0v) is 36.0. The molecule has 11 unspecified atom stereocenters. The minimum Gasteiger partial charge on any atom is -0.390 e. The van der Waals surface area contributed by atoms with Crippen LogP contribution in [0.25, 0.3) is 0 Å². The number of piperidine rings is 1. The number of likely N-dealkylation sites (N-methyl/N-ethyl adjacent to an activating group) is 3. The van der Waals surface area contributed by atoms with E-state index < -0.39 is 114 Å². The van der Waals surface area contributed by atoms with Gasteiger partial charge in [-0.05, 0) is 63.2 Å². The number of hydrogen-bond donors (Lipinski definition) is 5. The Balaban J connectivity index is 2.83. The van der Waals surface area contributed by atoms with Crippen molar-refractivity contribution >= 4 is 41.4 Å². The highest BCUT2D eigenvalue weighted by atomic mass is 16.3. The van der Waals surface area contributed by atoms with Gasteiger partial charge in [-0.2, -0.15) is 0 Å². The molecule has 0 aliphatic carbocycles. The molecule has 11 atom stereocenters. The van der Waals surface area contributed by atoms with Crippen LogP contribution in [0, 0.1) is 23.7 Å². The average molecular weight is 794 g/mol. The quantitative estimate of drug-likeness (QED) is 0.224. The van der Waals surface area contributed by atoms with Crippen molar-refractivity contribution in [2.24, 2.45) is 23.7 Å². The summed E-state index contributed by atoms with van der Waals surface area (Å²) >= 11 is 0. The summed E-state index contributed by atoms with van der Waals surface area (Å²) in [6, 6.07) is -8.53. The van der Waals surface area contributed by atoms with E-state index in [1.54, 1.807) is 41.5 Å². The fourth-order valence-electron chi connectivity index (χ4n) is 7.16. The van der Waals surface area contributed by atoms with Gasteiger partial charge in [0.05, 0.1) is 12.2 Å².